The van der Waals surface area contributed by atoms with Gasteiger partial charge in [-0.3, -0.25) is 4.79 Å². The summed E-state index contributed by atoms with van der Waals surface area (Å²) in [6, 6.07) is 20.2. The average molecular weight is 464 g/mol. The lowest BCUT2D eigenvalue weighted by atomic mass is 10.1. The summed E-state index contributed by atoms with van der Waals surface area (Å²) in [7, 11) is 0. The molecule has 0 unspecified atom stereocenters. The van der Waals surface area contributed by atoms with Crippen LogP contribution < -0.4 is 10.2 Å². The van der Waals surface area contributed by atoms with Gasteiger partial charge in [0, 0.05) is 32.8 Å². The Balaban J connectivity index is 1.44. The quantitative estimate of drug-likeness (QED) is 0.306. The number of hydrogen-bond donors (Lipinski definition) is 1. The highest BCUT2D eigenvalue weighted by molar-refractivity contribution is 9.10. The number of fused-ring (bicyclic) bond motifs is 3. The number of hydrazone groups is 1. The van der Waals surface area contributed by atoms with Gasteiger partial charge >= 0.3 is 0 Å². The Morgan fingerprint density at radius 2 is 1.90 bits per heavy atom. The van der Waals surface area contributed by atoms with E-state index in [1.165, 1.54) is 21.8 Å². The highest BCUT2D eigenvalue weighted by atomic mass is 79.9. The number of carbonyl (C=O) groups excluding carboxylic acids is 1. The Morgan fingerprint density at radius 3 is 2.70 bits per heavy atom. The lowest BCUT2D eigenvalue weighted by Crippen LogP contribution is -2.24. The van der Waals surface area contributed by atoms with Gasteiger partial charge < -0.3 is 9.30 Å². The third-order valence-corrected chi connectivity index (χ3v) is 5.90. The molecule has 0 aliphatic heterocycles. The summed E-state index contributed by atoms with van der Waals surface area (Å²) < 4.78 is 8.82. The van der Waals surface area contributed by atoms with Gasteiger partial charge in [0.15, 0.2) is 6.61 Å². The molecular weight excluding hydrogens is 442 g/mol. The minimum atomic E-state index is -0.310. The summed E-state index contributed by atoms with van der Waals surface area (Å²) in [5.74, 6) is 0.336. The Bertz CT molecular complexity index is 1260. The molecule has 1 aromatic heterocycles. The maximum absolute atomic E-state index is 12.0. The highest BCUT2D eigenvalue weighted by Crippen LogP contribution is 2.29. The molecule has 30 heavy (non-hydrogen) atoms. The van der Waals surface area contributed by atoms with E-state index in [1.54, 1.807) is 6.21 Å². The number of para-hydroxylation sites is 1. The maximum atomic E-state index is 12.0. The van der Waals surface area contributed by atoms with Crippen LogP contribution in [0.15, 0.2) is 70.2 Å². The topological polar surface area (TPSA) is 55.6 Å². The van der Waals surface area contributed by atoms with E-state index in [0.717, 1.165) is 22.1 Å². The molecule has 3 aromatic carbocycles. The molecule has 0 radical (unpaired) electrons. The zero-order valence-electron chi connectivity index (χ0n) is 16.9. The number of nitrogens with one attached hydrogen (secondary N) is 1. The number of halogens is 1. The monoisotopic (exact) mass is 463 g/mol. The number of rotatable bonds is 6. The van der Waals surface area contributed by atoms with E-state index < -0.39 is 0 Å². The molecule has 6 heteroatoms. The number of carbonyl (C=O) groups is 1. The van der Waals surface area contributed by atoms with Crippen LogP contribution in [0.1, 0.15) is 18.1 Å². The van der Waals surface area contributed by atoms with Crippen molar-refractivity contribution in [3.05, 3.63) is 76.3 Å². The largest absolute Gasteiger partial charge is 0.484 e. The Hall–Kier alpha value is -3.12. The van der Waals surface area contributed by atoms with E-state index in [-0.39, 0.29) is 12.5 Å². The molecule has 0 atom stereocenters. The first-order chi connectivity index (χ1) is 14.6. The van der Waals surface area contributed by atoms with Crippen LogP contribution in [-0.2, 0) is 11.3 Å². The van der Waals surface area contributed by atoms with Crippen molar-refractivity contribution in [2.75, 3.05) is 6.61 Å². The zero-order chi connectivity index (χ0) is 21.1. The van der Waals surface area contributed by atoms with Gasteiger partial charge in [-0.15, -0.1) is 0 Å². The van der Waals surface area contributed by atoms with Crippen molar-refractivity contribution in [1.82, 2.24) is 9.99 Å². The van der Waals surface area contributed by atoms with Crippen LogP contribution in [0.2, 0.25) is 0 Å². The summed E-state index contributed by atoms with van der Waals surface area (Å²) in [4.78, 5) is 12.0. The fourth-order valence-corrected chi connectivity index (χ4v) is 3.81. The van der Waals surface area contributed by atoms with Crippen LogP contribution in [0.5, 0.6) is 5.75 Å². The first kappa shape index (κ1) is 20.2. The van der Waals surface area contributed by atoms with Gasteiger partial charge in [0.25, 0.3) is 5.91 Å². The SMILES string of the molecule is CCn1c2ccccc2c2cc(C=NNC(=O)COc3ccc(Br)c(C)c3)ccc21. The average Bonchev–Trinajstić information content (AvgIpc) is 3.07. The fourth-order valence-electron chi connectivity index (χ4n) is 3.56. The third-order valence-electron chi connectivity index (χ3n) is 5.01. The molecule has 1 heterocycles. The van der Waals surface area contributed by atoms with Crippen molar-refractivity contribution < 1.29 is 9.53 Å². The number of hydrogen-bond acceptors (Lipinski definition) is 3. The van der Waals surface area contributed by atoms with E-state index in [4.69, 9.17) is 4.74 Å². The molecule has 0 fully saturated rings. The standard InChI is InChI=1S/C24H22BrN3O2/c1-3-28-22-7-5-4-6-19(22)20-13-17(8-11-23(20)28)14-26-27-24(29)15-30-18-9-10-21(25)16(2)12-18/h4-14H,3,15H2,1-2H3,(H,27,29). The van der Waals surface area contributed by atoms with Crippen LogP contribution in [0.4, 0.5) is 0 Å². The Morgan fingerprint density at radius 1 is 1.10 bits per heavy atom. The minimum Gasteiger partial charge on any atom is -0.484 e. The first-order valence-corrected chi connectivity index (χ1v) is 10.6. The molecule has 0 aliphatic carbocycles. The third kappa shape index (κ3) is 4.09. The molecule has 152 valence electrons. The van der Waals surface area contributed by atoms with Crippen LogP contribution in [-0.4, -0.2) is 23.3 Å². The molecule has 0 saturated carbocycles. The van der Waals surface area contributed by atoms with Crippen LogP contribution in [0, 0.1) is 6.92 Å². The van der Waals surface area contributed by atoms with Crippen molar-refractivity contribution in [3.63, 3.8) is 0 Å². The number of nitrogens with zero attached hydrogens (tertiary/aromatic N) is 2. The predicted molar refractivity (Wildman–Crippen MR) is 125 cm³/mol. The molecule has 4 rings (SSSR count). The molecule has 4 aromatic rings. The molecule has 0 aliphatic rings. The van der Waals surface area contributed by atoms with Gasteiger partial charge in [0.05, 0.1) is 6.21 Å². The van der Waals surface area contributed by atoms with Crippen molar-refractivity contribution in [2.24, 2.45) is 5.10 Å². The second-order valence-electron chi connectivity index (χ2n) is 7.03. The lowest BCUT2D eigenvalue weighted by molar-refractivity contribution is -0.123. The van der Waals surface area contributed by atoms with E-state index in [2.05, 4.69) is 74.3 Å². The number of aryl methyl sites for hydroxylation is 2. The van der Waals surface area contributed by atoms with Gasteiger partial charge in [-0.25, -0.2) is 5.43 Å². The molecule has 1 N–H and O–H groups in total. The highest BCUT2D eigenvalue weighted by Gasteiger charge is 2.09. The maximum Gasteiger partial charge on any atom is 0.277 e. The van der Waals surface area contributed by atoms with Crippen molar-refractivity contribution >= 4 is 49.9 Å². The first-order valence-electron chi connectivity index (χ1n) is 9.78. The summed E-state index contributed by atoms with van der Waals surface area (Å²) in [6.45, 7) is 4.93. The Labute approximate surface area is 183 Å². The summed E-state index contributed by atoms with van der Waals surface area (Å²) in [6.07, 6.45) is 1.65. The second kappa shape index (κ2) is 8.71. The van der Waals surface area contributed by atoms with Gasteiger partial charge in [-0.1, -0.05) is 40.2 Å². The summed E-state index contributed by atoms with van der Waals surface area (Å²) in [5.41, 5.74) is 6.90. The molecular formula is C24H22BrN3O2. The number of amides is 1. The smallest absolute Gasteiger partial charge is 0.277 e. The predicted octanol–water partition coefficient (Wildman–Crippen LogP) is 5.41. The summed E-state index contributed by atoms with van der Waals surface area (Å²) in [5, 5.41) is 6.47. The minimum absolute atomic E-state index is 0.0958. The number of ether oxygens (including phenoxy) is 1. The van der Waals surface area contributed by atoms with Gasteiger partial charge in [-0.2, -0.15) is 5.10 Å². The van der Waals surface area contributed by atoms with E-state index in [1.807, 2.05) is 31.2 Å². The van der Waals surface area contributed by atoms with Gasteiger partial charge in [0.2, 0.25) is 0 Å². The second-order valence-corrected chi connectivity index (χ2v) is 7.89. The number of aromatic nitrogens is 1. The number of benzene rings is 3. The van der Waals surface area contributed by atoms with Gasteiger partial charge in [0.1, 0.15) is 5.75 Å². The lowest BCUT2D eigenvalue weighted by Gasteiger charge is -2.06. The van der Waals surface area contributed by atoms with E-state index >= 15 is 0 Å². The molecule has 5 nitrogen and oxygen atoms in total. The Kier molecular flexibility index (Phi) is 5.86. The molecule has 0 bridgehead atoms. The van der Waals surface area contributed by atoms with Crippen molar-refractivity contribution in [2.45, 2.75) is 20.4 Å². The zero-order valence-corrected chi connectivity index (χ0v) is 18.4. The summed E-state index contributed by atoms with van der Waals surface area (Å²) >= 11 is 3.44. The molecule has 0 spiro atoms. The normalized spacial score (nSPS) is 11.4. The molecule has 1 amide bonds. The van der Waals surface area contributed by atoms with Gasteiger partial charge in [-0.05, 0) is 61.4 Å². The van der Waals surface area contributed by atoms with Crippen LogP contribution >= 0.6 is 15.9 Å². The molecule has 0 saturated heterocycles. The van der Waals surface area contributed by atoms with Crippen LogP contribution in [0.3, 0.4) is 0 Å². The van der Waals surface area contributed by atoms with Crippen molar-refractivity contribution in [1.29, 1.82) is 0 Å². The van der Waals surface area contributed by atoms with Crippen molar-refractivity contribution in [3.8, 4) is 5.75 Å². The fraction of sp³-hybridized carbons (Fsp3) is 0.167. The van der Waals surface area contributed by atoms with E-state index in [0.29, 0.717) is 5.75 Å². The van der Waals surface area contributed by atoms with Crippen LogP contribution in [0.25, 0.3) is 21.8 Å². The van der Waals surface area contributed by atoms with E-state index in [9.17, 15) is 4.79 Å².